The highest BCUT2D eigenvalue weighted by molar-refractivity contribution is 5.93. The number of amides is 1. The van der Waals surface area contributed by atoms with Crippen molar-refractivity contribution in [3.63, 3.8) is 0 Å². The Hall–Kier alpha value is -2.60. The van der Waals surface area contributed by atoms with Crippen LogP contribution in [0.4, 0.5) is 5.82 Å². The number of hydrogen-bond donors (Lipinski definition) is 2. The minimum absolute atomic E-state index is 0.150. The third-order valence-corrected chi connectivity index (χ3v) is 3.73. The molecule has 0 aliphatic carbocycles. The molecule has 3 rings (SSSR count). The molecule has 1 amide bonds. The van der Waals surface area contributed by atoms with Crippen molar-refractivity contribution in [2.75, 3.05) is 11.5 Å². The monoisotopic (exact) mass is 299 g/mol. The van der Waals surface area contributed by atoms with Crippen LogP contribution in [0, 0.1) is 0 Å². The van der Waals surface area contributed by atoms with Gasteiger partial charge in [0, 0.05) is 23.9 Å². The van der Waals surface area contributed by atoms with E-state index in [-0.39, 0.29) is 6.04 Å². The standard InChI is InChI=1S/C16H17N3O3/c1-11-10-22-14-8-12(16(20)18-21)5-6-13(14)9-19(11)15-4-2-3-7-17-15/h2-8,11,21H,9-10H2,1H3,(H,18,20)/t11-/m0/s1. The van der Waals surface area contributed by atoms with Crippen LogP contribution in [-0.2, 0) is 6.54 Å². The zero-order valence-corrected chi connectivity index (χ0v) is 12.2. The summed E-state index contributed by atoms with van der Waals surface area (Å²) in [7, 11) is 0. The highest BCUT2D eigenvalue weighted by atomic mass is 16.5. The quantitative estimate of drug-likeness (QED) is 0.655. The Kier molecular flexibility index (Phi) is 3.93. The van der Waals surface area contributed by atoms with E-state index in [1.54, 1.807) is 23.8 Å². The van der Waals surface area contributed by atoms with E-state index in [2.05, 4.69) is 16.8 Å². The van der Waals surface area contributed by atoms with Crippen LogP contribution in [0.3, 0.4) is 0 Å². The molecule has 114 valence electrons. The van der Waals surface area contributed by atoms with Crippen molar-refractivity contribution in [3.8, 4) is 5.75 Å². The average molecular weight is 299 g/mol. The lowest BCUT2D eigenvalue weighted by atomic mass is 10.1. The number of ether oxygens (including phenoxy) is 1. The first-order valence-corrected chi connectivity index (χ1v) is 7.07. The van der Waals surface area contributed by atoms with Gasteiger partial charge in [0.1, 0.15) is 18.2 Å². The Morgan fingerprint density at radius 3 is 3.00 bits per heavy atom. The zero-order chi connectivity index (χ0) is 15.5. The van der Waals surface area contributed by atoms with E-state index in [4.69, 9.17) is 9.94 Å². The van der Waals surface area contributed by atoms with Gasteiger partial charge in [-0.25, -0.2) is 10.5 Å². The first-order chi connectivity index (χ1) is 10.7. The Labute approximate surface area is 128 Å². The smallest absolute Gasteiger partial charge is 0.274 e. The number of benzene rings is 1. The third-order valence-electron chi connectivity index (χ3n) is 3.73. The van der Waals surface area contributed by atoms with Gasteiger partial charge in [-0.05, 0) is 31.2 Å². The molecular weight excluding hydrogens is 282 g/mol. The average Bonchev–Trinajstić information content (AvgIpc) is 2.74. The van der Waals surface area contributed by atoms with Gasteiger partial charge in [-0.15, -0.1) is 0 Å². The van der Waals surface area contributed by atoms with Crippen LogP contribution in [0.2, 0.25) is 0 Å². The Bertz CT molecular complexity index is 676. The molecule has 1 aliphatic rings. The van der Waals surface area contributed by atoms with Crippen LogP contribution in [0.5, 0.6) is 5.75 Å². The molecule has 1 aromatic carbocycles. The maximum Gasteiger partial charge on any atom is 0.274 e. The van der Waals surface area contributed by atoms with Crippen LogP contribution in [0.1, 0.15) is 22.8 Å². The highest BCUT2D eigenvalue weighted by Gasteiger charge is 2.23. The van der Waals surface area contributed by atoms with Gasteiger partial charge in [0.15, 0.2) is 0 Å². The molecule has 1 aliphatic heterocycles. The van der Waals surface area contributed by atoms with E-state index in [0.29, 0.717) is 24.5 Å². The predicted molar refractivity (Wildman–Crippen MR) is 81.1 cm³/mol. The summed E-state index contributed by atoms with van der Waals surface area (Å²) in [6.07, 6.45) is 1.77. The van der Waals surface area contributed by atoms with Gasteiger partial charge in [0.25, 0.3) is 5.91 Å². The van der Waals surface area contributed by atoms with Crippen LogP contribution in [0.15, 0.2) is 42.6 Å². The molecule has 0 saturated heterocycles. The molecule has 2 aromatic rings. The SMILES string of the molecule is C[C@H]1COc2cc(C(=O)NO)ccc2CN1c1ccccn1. The van der Waals surface area contributed by atoms with Crippen molar-refractivity contribution in [3.05, 3.63) is 53.7 Å². The lowest BCUT2D eigenvalue weighted by Crippen LogP contribution is -2.35. The summed E-state index contributed by atoms with van der Waals surface area (Å²) in [5.74, 6) is 1.00. The highest BCUT2D eigenvalue weighted by Crippen LogP contribution is 2.28. The Morgan fingerprint density at radius 1 is 1.41 bits per heavy atom. The van der Waals surface area contributed by atoms with Gasteiger partial charge in [0.2, 0.25) is 0 Å². The van der Waals surface area contributed by atoms with Gasteiger partial charge in [-0.3, -0.25) is 10.0 Å². The largest absolute Gasteiger partial charge is 0.491 e. The van der Waals surface area contributed by atoms with E-state index in [9.17, 15) is 4.79 Å². The third kappa shape index (κ3) is 2.73. The van der Waals surface area contributed by atoms with Crippen LogP contribution >= 0.6 is 0 Å². The molecule has 6 heteroatoms. The number of fused-ring (bicyclic) bond motifs is 1. The van der Waals surface area contributed by atoms with Gasteiger partial charge in [-0.2, -0.15) is 0 Å². The predicted octanol–water partition coefficient (Wildman–Crippen LogP) is 1.99. The number of hydrogen-bond acceptors (Lipinski definition) is 5. The zero-order valence-electron chi connectivity index (χ0n) is 12.2. The molecule has 6 nitrogen and oxygen atoms in total. The topological polar surface area (TPSA) is 74.7 Å². The summed E-state index contributed by atoms with van der Waals surface area (Å²) in [6, 6.07) is 11.1. The Morgan fingerprint density at radius 2 is 2.27 bits per heavy atom. The summed E-state index contributed by atoms with van der Waals surface area (Å²) in [4.78, 5) is 18.1. The van der Waals surface area contributed by atoms with E-state index in [1.165, 1.54) is 0 Å². The van der Waals surface area contributed by atoms with E-state index < -0.39 is 5.91 Å². The number of hydroxylamine groups is 1. The second kappa shape index (κ2) is 6.03. The lowest BCUT2D eigenvalue weighted by molar-refractivity contribution is 0.0706. The molecule has 2 N–H and O–H groups in total. The number of nitrogens with zero attached hydrogens (tertiary/aromatic N) is 2. The molecule has 0 bridgehead atoms. The molecule has 2 heterocycles. The van der Waals surface area contributed by atoms with Crippen molar-refractivity contribution in [2.24, 2.45) is 0 Å². The maximum absolute atomic E-state index is 11.5. The second-order valence-corrected chi connectivity index (χ2v) is 5.24. The molecule has 22 heavy (non-hydrogen) atoms. The van der Waals surface area contributed by atoms with Crippen molar-refractivity contribution >= 4 is 11.7 Å². The van der Waals surface area contributed by atoms with Crippen molar-refractivity contribution in [1.82, 2.24) is 10.5 Å². The lowest BCUT2D eigenvalue weighted by Gasteiger charge is -2.27. The number of anilines is 1. The molecule has 1 aromatic heterocycles. The number of rotatable bonds is 2. The molecule has 0 fully saturated rings. The molecular formula is C16H17N3O3. The summed E-state index contributed by atoms with van der Waals surface area (Å²) >= 11 is 0. The van der Waals surface area contributed by atoms with E-state index in [1.807, 2.05) is 24.3 Å². The molecule has 0 unspecified atom stereocenters. The van der Waals surface area contributed by atoms with Gasteiger partial charge in [-0.1, -0.05) is 12.1 Å². The fourth-order valence-corrected chi connectivity index (χ4v) is 2.50. The van der Waals surface area contributed by atoms with Gasteiger partial charge >= 0.3 is 0 Å². The number of pyridine rings is 1. The summed E-state index contributed by atoms with van der Waals surface area (Å²) in [5, 5.41) is 8.72. The van der Waals surface area contributed by atoms with Crippen LogP contribution in [-0.4, -0.2) is 28.7 Å². The molecule has 0 radical (unpaired) electrons. The normalized spacial score (nSPS) is 17.2. The first-order valence-electron chi connectivity index (χ1n) is 7.07. The molecule has 0 saturated carbocycles. The van der Waals surface area contributed by atoms with Gasteiger partial charge < -0.3 is 9.64 Å². The Balaban J connectivity index is 1.93. The van der Waals surface area contributed by atoms with E-state index >= 15 is 0 Å². The van der Waals surface area contributed by atoms with Crippen LogP contribution in [0.25, 0.3) is 0 Å². The maximum atomic E-state index is 11.5. The summed E-state index contributed by atoms with van der Waals surface area (Å²) < 4.78 is 5.82. The number of nitrogens with one attached hydrogen (secondary N) is 1. The summed E-state index contributed by atoms with van der Waals surface area (Å²) in [6.45, 7) is 3.21. The van der Waals surface area contributed by atoms with Crippen molar-refractivity contribution in [2.45, 2.75) is 19.5 Å². The fraction of sp³-hybridized carbons (Fsp3) is 0.250. The van der Waals surface area contributed by atoms with Crippen molar-refractivity contribution < 1.29 is 14.7 Å². The fourth-order valence-electron chi connectivity index (χ4n) is 2.50. The van der Waals surface area contributed by atoms with Crippen molar-refractivity contribution in [1.29, 1.82) is 0 Å². The van der Waals surface area contributed by atoms with E-state index in [0.717, 1.165) is 11.4 Å². The van der Waals surface area contributed by atoms with Gasteiger partial charge in [0.05, 0.1) is 6.04 Å². The minimum Gasteiger partial charge on any atom is -0.491 e. The number of carbonyl (C=O) groups is 1. The second-order valence-electron chi connectivity index (χ2n) is 5.24. The first kappa shape index (κ1) is 14.3. The molecule has 1 atom stereocenters. The number of aromatic nitrogens is 1. The molecule has 0 spiro atoms. The van der Waals surface area contributed by atoms with Crippen LogP contribution < -0.4 is 15.1 Å². The summed E-state index contributed by atoms with van der Waals surface area (Å²) in [5.41, 5.74) is 2.97. The number of carbonyl (C=O) groups excluding carboxylic acids is 1. The minimum atomic E-state index is -0.551.